The molecule has 0 N–H and O–H groups in total. The molecule has 1 aromatic carbocycles. The van der Waals surface area contributed by atoms with Crippen molar-refractivity contribution in [3.05, 3.63) is 34.9 Å². The number of rotatable bonds is 2. The zero-order chi connectivity index (χ0) is 12.3. The van der Waals surface area contributed by atoms with Crippen LogP contribution < -0.4 is 0 Å². The quantitative estimate of drug-likeness (QED) is 0.595. The first-order valence-electron chi connectivity index (χ1n) is 4.11. The lowest BCUT2D eigenvalue weighted by Gasteiger charge is -2.12. The van der Waals surface area contributed by atoms with Gasteiger partial charge in [0.05, 0.1) is 23.1 Å². The molecule has 0 aliphatic rings. The van der Waals surface area contributed by atoms with Crippen molar-refractivity contribution in [3.8, 4) is 6.07 Å². The number of benzene rings is 1. The third-order valence-corrected chi connectivity index (χ3v) is 2.13. The van der Waals surface area contributed by atoms with Crippen LogP contribution in [0.1, 0.15) is 21.5 Å². The summed E-state index contributed by atoms with van der Waals surface area (Å²) in [7, 11) is 0. The van der Waals surface area contributed by atoms with Crippen molar-refractivity contribution >= 4 is 17.4 Å². The minimum absolute atomic E-state index is 0.558. The lowest BCUT2D eigenvalue weighted by Crippen LogP contribution is -2.16. The number of Topliss-reactive ketones (excluding diaryl/α,β-unsaturated/α-hetero) is 1. The van der Waals surface area contributed by atoms with Gasteiger partial charge in [-0.3, -0.25) is 4.79 Å². The van der Waals surface area contributed by atoms with Gasteiger partial charge in [0.15, 0.2) is 5.78 Å². The Bertz CT molecular complexity index is 462. The molecule has 6 heteroatoms. The van der Waals surface area contributed by atoms with E-state index in [2.05, 4.69) is 0 Å². The van der Waals surface area contributed by atoms with E-state index >= 15 is 0 Å². The highest BCUT2D eigenvalue weighted by atomic mass is 35.5. The van der Waals surface area contributed by atoms with Crippen molar-refractivity contribution < 1.29 is 18.0 Å². The molecule has 0 aromatic heterocycles. The van der Waals surface area contributed by atoms with Crippen molar-refractivity contribution in [2.75, 3.05) is 5.88 Å². The van der Waals surface area contributed by atoms with Gasteiger partial charge in [-0.1, -0.05) is 12.1 Å². The third-order valence-electron chi connectivity index (χ3n) is 1.89. The van der Waals surface area contributed by atoms with Crippen LogP contribution in [0.3, 0.4) is 0 Å². The minimum Gasteiger partial charge on any atom is -0.293 e. The van der Waals surface area contributed by atoms with Crippen LogP contribution in [-0.4, -0.2) is 11.7 Å². The molecule has 0 saturated carbocycles. The number of hydrogen-bond donors (Lipinski definition) is 0. The van der Waals surface area contributed by atoms with Crippen LogP contribution in [0.2, 0.25) is 0 Å². The van der Waals surface area contributed by atoms with E-state index in [1.807, 2.05) is 0 Å². The van der Waals surface area contributed by atoms with Gasteiger partial charge in [0.25, 0.3) is 0 Å². The van der Waals surface area contributed by atoms with Crippen molar-refractivity contribution in [1.82, 2.24) is 0 Å². The van der Waals surface area contributed by atoms with Gasteiger partial charge in [0.2, 0.25) is 0 Å². The molecule has 1 rings (SSSR count). The van der Waals surface area contributed by atoms with E-state index in [0.29, 0.717) is 0 Å². The summed E-state index contributed by atoms with van der Waals surface area (Å²) >= 11 is 5.20. The van der Waals surface area contributed by atoms with Gasteiger partial charge in [0, 0.05) is 5.56 Å². The Morgan fingerprint density at radius 2 is 2.06 bits per heavy atom. The Kier molecular flexibility index (Phi) is 3.55. The van der Waals surface area contributed by atoms with Crippen molar-refractivity contribution in [1.29, 1.82) is 5.26 Å². The summed E-state index contributed by atoms with van der Waals surface area (Å²) in [5, 5.41) is 8.57. The summed E-state index contributed by atoms with van der Waals surface area (Å²) in [6.07, 6.45) is -4.75. The fourth-order valence-electron chi connectivity index (χ4n) is 1.26. The minimum atomic E-state index is -4.75. The van der Waals surface area contributed by atoms with Gasteiger partial charge in [-0.25, -0.2) is 0 Å². The third kappa shape index (κ3) is 2.34. The second-order valence-corrected chi connectivity index (χ2v) is 3.16. The molecule has 0 amide bonds. The van der Waals surface area contributed by atoms with Gasteiger partial charge >= 0.3 is 6.18 Å². The molecule has 0 aliphatic carbocycles. The van der Waals surface area contributed by atoms with Crippen LogP contribution in [-0.2, 0) is 6.18 Å². The molecule has 1 aromatic rings. The van der Waals surface area contributed by atoms with Crippen molar-refractivity contribution in [3.63, 3.8) is 0 Å². The largest absolute Gasteiger partial charge is 0.418 e. The maximum absolute atomic E-state index is 12.6. The monoisotopic (exact) mass is 247 g/mol. The van der Waals surface area contributed by atoms with Gasteiger partial charge in [-0.05, 0) is 6.07 Å². The zero-order valence-electron chi connectivity index (χ0n) is 7.81. The van der Waals surface area contributed by atoms with Crippen LogP contribution in [0, 0.1) is 11.3 Å². The number of carbonyl (C=O) groups excluding carboxylic acids is 1. The highest BCUT2D eigenvalue weighted by Crippen LogP contribution is 2.34. The normalized spacial score (nSPS) is 10.9. The summed E-state index contributed by atoms with van der Waals surface area (Å²) in [5.41, 5.74) is -2.37. The summed E-state index contributed by atoms with van der Waals surface area (Å²) in [5.74, 6) is -1.41. The fourth-order valence-corrected chi connectivity index (χ4v) is 1.40. The molecule has 0 fully saturated rings. The molecule has 2 nitrogen and oxygen atoms in total. The van der Waals surface area contributed by atoms with E-state index in [0.717, 1.165) is 12.1 Å². The summed E-state index contributed by atoms with van der Waals surface area (Å²) in [6, 6.07) is 4.64. The first kappa shape index (κ1) is 12.5. The van der Waals surface area contributed by atoms with Crippen LogP contribution >= 0.6 is 11.6 Å². The second kappa shape index (κ2) is 4.54. The topological polar surface area (TPSA) is 40.9 Å². The highest BCUT2D eigenvalue weighted by Gasteiger charge is 2.37. The Morgan fingerprint density at radius 3 is 2.50 bits per heavy atom. The molecular weight excluding hydrogens is 243 g/mol. The van der Waals surface area contributed by atoms with Gasteiger partial charge in [-0.15, -0.1) is 11.6 Å². The molecular formula is C10H5ClF3NO. The first-order valence-corrected chi connectivity index (χ1v) is 4.64. The molecule has 0 aliphatic heterocycles. The van der Waals surface area contributed by atoms with Crippen LogP contribution in [0.4, 0.5) is 13.2 Å². The summed E-state index contributed by atoms with van der Waals surface area (Å²) < 4.78 is 37.9. The smallest absolute Gasteiger partial charge is 0.293 e. The fraction of sp³-hybridized carbons (Fsp3) is 0.200. The average molecular weight is 248 g/mol. The maximum atomic E-state index is 12.6. The van der Waals surface area contributed by atoms with Crippen molar-refractivity contribution in [2.24, 2.45) is 0 Å². The molecule has 84 valence electrons. The Morgan fingerprint density at radius 1 is 1.44 bits per heavy atom. The summed E-state index contributed by atoms with van der Waals surface area (Å²) in [4.78, 5) is 11.2. The number of ketones is 1. The Labute approximate surface area is 94.2 Å². The van der Waals surface area contributed by atoms with E-state index in [4.69, 9.17) is 16.9 Å². The van der Waals surface area contributed by atoms with E-state index in [1.54, 1.807) is 0 Å². The van der Waals surface area contributed by atoms with Gasteiger partial charge in [-0.2, -0.15) is 18.4 Å². The van der Waals surface area contributed by atoms with Crippen molar-refractivity contribution in [2.45, 2.75) is 6.18 Å². The number of nitriles is 1. The molecule has 0 radical (unpaired) electrons. The molecule has 0 saturated heterocycles. The standard InChI is InChI=1S/C10H5ClF3NO/c11-4-8(16)7-3-1-2-6(5-15)9(7)10(12,13)14/h1-3H,4H2. The van der Waals surface area contributed by atoms with Crippen LogP contribution in [0.5, 0.6) is 0 Å². The lowest BCUT2D eigenvalue weighted by atomic mass is 9.99. The van der Waals surface area contributed by atoms with E-state index in [9.17, 15) is 18.0 Å². The lowest BCUT2D eigenvalue weighted by molar-refractivity contribution is -0.138. The summed E-state index contributed by atoms with van der Waals surface area (Å²) in [6.45, 7) is 0. The maximum Gasteiger partial charge on any atom is 0.418 e. The first-order chi connectivity index (χ1) is 7.41. The number of alkyl halides is 4. The Balaban J connectivity index is 3.52. The van der Waals surface area contributed by atoms with Gasteiger partial charge in [0.1, 0.15) is 0 Å². The number of nitrogens with zero attached hydrogens (tertiary/aromatic N) is 1. The zero-order valence-corrected chi connectivity index (χ0v) is 8.56. The van der Waals surface area contributed by atoms with Gasteiger partial charge < -0.3 is 0 Å². The predicted molar refractivity (Wildman–Crippen MR) is 51.2 cm³/mol. The Hall–Kier alpha value is -1.54. The highest BCUT2D eigenvalue weighted by molar-refractivity contribution is 6.30. The second-order valence-electron chi connectivity index (χ2n) is 2.89. The molecule has 16 heavy (non-hydrogen) atoms. The molecule has 0 heterocycles. The molecule has 0 spiro atoms. The number of hydrogen-bond acceptors (Lipinski definition) is 2. The SMILES string of the molecule is N#Cc1cccc(C(=O)CCl)c1C(F)(F)F. The van der Waals surface area contributed by atoms with E-state index in [-0.39, 0.29) is 0 Å². The number of halogens is 4. The average Bonchev–Trinajstić information content (AvgIpc) is 2.25. The van der Waals surface area contributed by atoms with Crippen LogP contribution in [0.15, 0.2) is 18.2 Å². The number of carbonyl (C=O) groups is 1. The van der Waals surface area contributed by atoms with Crippen LogP contribution in [0.25, 0.3) is 0 Å². The van der Waals surface area contributed by atoms with E-state index < -0.39 is 34.5 Å². The molecule has 0 unspecified atom stereocenters. The molecule has 0 atom stereocenters. The predicted octanol–water partition coefficient (Wildman–Crippen LogP) is 3.00. The van der Waals surface area contributed by atoms with E-state index in [1.165, 1.54) is 12.1 Å². The molecule has 0 bridgehead atoms.